The second kappa shape index (κ2) is 5.58. The standard InChI is InChI=1S/C17H15NO2S/c19-21(20,17-11-5-2-6-12-17)18-13-7-10-16(18)14-15-8-3-1-4-9-15/h1-13H,14H2. The van der Waals surface area contributed by atoms with E-state index in [1.165, 1.54) is 3.97 Å². The SMILES string of the molecule is O=S(=O)(c1ccccc1)n1cccc1Cc1ccccc1. The van der Waals surface area contributed by atoms with Crippen molar-refractivity contribution in [1.29, 1.82) is 0 Å². The number of nitrogens with zero attached hydrogens (tertiary/aromatic N) is 1. The Morgan fingerprint density at radius 2 is 1.38 bits per heavy atom. The van der Waals surface area contributed by atoms with Crippen LogP contribution in [0.1, 0.15) is 11.3 Å². The average Bonchev–Trinajstić information content (AvgIpc) is 2.98. The largest absolute Gasteiger partial charge is 0.267 e. The molecule has 21 heavy (non-hydrogen) atoms. The van der Waals surface area contributed by atoms with E-state index in [1.54, 1.807) is 42.6 Å². The lowest BCUT2D eigenvalue weighted by molar-refractivity contribution is 0.585. The molecule has 4 heteroatoms. The average molecular weight is 297 g/mol. The molecule has 0 bridgehead atoms. The van der Waals surface area contributed by atoms with Crippen LogP contribution < -0.4 is 0 Å². The molecule has 0 saturated carbocycles. The molecule has 1 heterocycles. The number of benzene rings is 2. The predicted molar refractivity (Wildman–Crippen MR) is 82.7 cm³/mol. The fraction of sp³-hybridized carbons (Fsp3) is 0.0588. The van der Waals surface area contributed by atoms with Gasteiger partial charge in [-0.1, -0.05) is 48.5 Å². The fourth-order valence-corrected chi connectivity index (χ4v) is 3.68. The molecule has 0 aliphatic rings. The molecule has 0 amide bonds. The van der Waals surface area contributed by atoms with Crippen LogP contribution in [-0.4, -0.2) is 12.4 Å². The van der Waals surface area contributed by atoms with Gasteiger partial charge in [0, 0.05) is 18.3 Å². The minimum Gasteiger partial charge on any atom is -0.246 e. The van der Waals surface area contributed by atoms with E-state index in [0.717, 1.165) is 11.3 Å². The first-order valence-electron chi connectivity index (χ1n) is 6.69. The lowest BCUT2D eigenvalue weighted by Crippen LogP contribution is -2.14. The molecule has 3 aromatic rings. The molecule has 0 spiro atoms. The van der Waals surface area contributed by atoms with Crippen LogP contribution in [-0.2, 0) is 16.4 Å². The van der Waals surface area contributed by atoms with Gasteiger partial charge >= 0.3 is 0 Å². The summed E-state index contributed by atoms with van der Waals surface area (Å²) in [5.41, 5.74) is 1.84. The molecule has 0 radical (unpaired) electrons. The Bertz CT molecular complexity index is 821. The van der Waals surface area contributed by atoms with Gasteiger partial charge < -0.3 is 0 Å². The minimum atomic E-state index is -3.53. The molecule has 2 aromatic carbocycles. The van der Waals surface area contributed by atoms with Crippen molar-refractivity contribution < 1.29 is 8.42 Å². The Kier molecular flexibility index (Phi) is 3.62. The van der Waals surface area contributed by atoms with Crippen LogP contribution >= 0.6 is 0 Å². The molecule has 1 aromatic heterocycles. The van der Waals surface area contributed by atoms with Crippen LogP contribution in [0.25, 0.3) is 0 Å². The highest BCUT2D eigenvalue weighted by Gasteiger charge is 2.18. The zero-order valence-electron chi connectivity index (χ0n) is 11.4. The summed E-state index contributed by atoms with van der Waals surface area (Å²) in [5.74, 6) is 0. The third-order valence-electron chi connectivity index (χ3n) is 3.32. The molecular formula is C17H15NO2S. The number of hydrogen-bond donors (Lipinski definition) is 0. The Morgan fingerprint density at radius 3 is 2.05 bits per heavy atom. The van der Waals surface area contributed by atoms with Gasteiger partial charge in [0.05, 0.1) is 4.90 Å². The molecule has 0 N–H and O–H groups in total. The molecule has 0 saturated heterocycles. The molecular weight excluding hydrogens is 282 g/mol. The molecule has 0 unspecified atom stereocenters. The van der Waals surface area contributed by atoms with Crippen molar-refractivity contribution in [2.45, 2.75) is 11.3 Å². The van der Waals surface area contributed by atoms with Crippen molar-refractivity contribution in [3.8, 4) is 0 Å². The Labute approximate surface area is 124 Å². The van der Waals surface area contributed by atoms with Gasteiger partial charge in [0.15, 0.2) is 0 Å². The van der Waals surface area contributed by atoms with Gasteiger partial charge in [-0.2, -0.15) is 0 Å². The summed E-state index contributed by atoms with van der Waals surface area (Å²) >= 11 is 0. The second-order valence-corrected chi connectivity index (χ2v) is 6.59. The summed E-state index contributed by atoms with van der Waals surface area (Å²) in [4.78, 5) is 0.301. The van der Waals surface area contributed by atoms with Gasteiger partial charge in [-0.05, 0) is 29.8 Å². The van der Waals surface area contributed by atoms with E-state index < -0.39 is 10.0 Å². The summed E-state index contributed by atoms with van der Waals surface area (Å²) in [6.07, 6.45) is 2.18. The molecule has 106 valence electrons. The highest BCUT2D eigenvalue weighted by molar-refractivity contribution is 7.90. The van der Waals surface area contributed by atoms with Crippen molar-refractivity contribution >= 4 is 10.0 Å². The first-order chi connectivity index (χ1) is 10.2. The summed E-state index contributed by atoms with van der Waals surface area (Å²) < 4.78 is 26.7. The van der Waals surface area contributed by atoms with Crippen LogP contribution in [0.5, 0.6) is 0 Å². The van der Waals surface area contributed by atoms with E-state index in [9.17, 15) is 8.42 Å². The minimum absolute atomic E-state index is 0.301. The maximum absolute atomic E-state index is 12.7. The smallest absolute Gasteiger partial charge is 0.246 e. The Morgan fingerprint density at radius 1 is 0.762 bits per heavy atom. The van der Waals surface area contributed by atoms with Crippen LogP contribution in [0.15, 0.2) is 83.9 Å². The van der Waals surface area contributed by atoms with Crippen molar-refractivity contribution in [1.82, 2.24) is 3.97 Å². The molecule has 3 nitrogen and oxygen atoms in total. The van der Waals surface area contributed by atoms with Gasteiger partial charge in [-0.15, -0.1) is 0 Å². The zero-order chi connectivity index (χ0) is 14.7. The van der Waals surface area contributed by atoms with E-state index in [-0.39, 0.29) is 0 Å². The van der Waals surface area contributed by atoms with Gasteiger partial charge in [0.2, 0.25) is 0 Å². The van der Waals surface area contributed by atoms with E-state index in [4.69, 9.17) is 0 Å². The Balaban J connectivity index is 2.00. The van der Waals surface area contributed by atoms with E-state index in [2.05, 4.69) is 0 Å². The third kappa shape index (κ3) is 2.76. The highest BCUT2D eigenvalue weighted by Crippen LogP contribution is 2.18. The third-order valence-corrected chi connectivity index (χ3v) is 5.06. The van der Waals surface area contributed by atoms with Crippen LogP contribution in [0.4, 0.5) is 0 Å². The van der Waals surface area contributed by atoms with E-state index in [1.807, 2.05) is 36.4 Å². The first kappa shape index (κ1) is 13.6. The normalized spacial score (nSPS) is 11.4. The quantitative estimate of drug-likeness (QED) is 0.741. The van der Waals surface area contributed by atoms with Crippen molar-refractivity contribution in [2.24, 2.45) is 0 Å². The van der Waals surface area contributed by atoms with Gasteiger partial charge in [-0.3, -0.25) is 0 Å². The van der Waals surface area contributed by atoms with E-state index >= 15 is 0 Å². The van der Waals surface area contributed by atoms with E-state index in [0.29, 0.717) is 11.3 Å². The van der Waals surface area contributed by atoms with Crippen molar-refractivity contribution in [2.75, 3.05) is 0 Å². The van der Waals surface area contributed by atoms with Gasteiger partial charge in [-0.25, -0.2) is 12.4 Å². The molecule has 3 rings (SSSR count). The maximum atomic E-state index is 12.7. The zero-order valence-corrected chi connectivity index (χ0v) is 12.2. The summed E-state index contributed by atoms with van der Waals surface area (Å²) in [6.45, 7) is 0. The molecule has 0 fully saturated rings. The highest BCUT2D eigenvalue weighted by atomic mass is 32.2. The number of rotatable bonds is 4. The first-order valence-corrected chi connectivity index (χ1v) is 8.13. The van der Waals surface area contributed by atoms with Crippen LogP contribution in [0, 0.1) is 0 Å². The van der Waals surface area contributed by atoms with Crippen LogP contribution in [0.3, 0.4) is 0 Å². The lowest BCUT2D eigenvalue weighted by atomic mass is 10.1. The lowest BCUT2D eigenvalue weighted by Gasteiger charge is -2.10. The van der Waals surface area contributed by atoms with Crippen molar-refractivity contribution in [3.05, 3.63) is 90.3 Å². The molecule has 0 atom stereocenters. The maximum Gasteiger partial charge on any atom is 0.267 e. The van der Waals surface area contributed by atoms with Crippen molar-refractivity contribution in [3.63, 3.8) is 0 Å². The van der Waals surface area contributed by atoms with Gasteiger partial charge in [0.1, 0.15) is 0 Å². The summed E-state index contributed by atoms with van der Waals surface area (Å²) in [6, 6.07) is 21.9. The topological polar surface area (TPSA) is 39.1 Å². The Hall–Kier alpha value is -2.33. The summed E-state index contributed by atoms with van der Waals surface area (Å²) in [7, 11) is -3.53. The van der Waals surface area contributed by atoms with Crippen LogP contribution in [0.2, 0.25) is 0 Å². The molecule has 0 aliphatic heterocycles. The summed E-state index contributed by atoms with van der Waals surface area (Å²) in [5, 5.41) is 0. The number of aromatic nitrogens is 1. The van der Waals surface area contributed by atoms with Gasteiger partial charge in [0.25, 0.3) is 10.0 Å². The monoisotopic (exact) mass is 297 g/mol. The number of hydrogen-bond acceptors (Lipinski definition) is 2. The predicted octanol–water partition coefficient (Wildman–Crippen LogP) is 3.32. The molecule has 0 aliphatic carbocycles. The fourth-order valence-electron chi connectivity index (χ4n) is 2.28. The second-order valence-electron chi connectivity index (χ2n) is 4.78.